The number of carbonyl (C=O) groups is 2. The van der Waals surface area contributed by atoms with E-state index in [-0.39, 0.29) is 16.5 Å². The van der Waals surface area contributed by atoms with Crippen molar-refractivity contribution in [3.8, 4) is 0 Å². The van der Waals surface area contributed by atoms with Gasteiger partial charge in [0.1, 0.15) is 5.01 Å². The maximum absolute atomic E-state index is 12.0. The van der Waals surface area contributed by atoms with E-state index in [1.807, 2.05) is 0 Å². The number of carbonyl (C=O) groups excluding carboxylic acids is 2. The molecule has 1 aromatic heterocycles. The SMILES string of the molecule is COC(=O)CCSC(SCCC(=O)N(C)C)c1cccc(/C=C/c2nc(C(C)C)cs2)c1. The van der Waals surface area contributed by atoms with Gasteiger partial charge >= 0.3 is 5.97 Å². The van der Waals surface area contributed by atoms with Crippen LogP contribution >= 0.6 is 34.9 Å². The summed E-state index contributed by atoms with van der Waals surface area (Å²) in [6.45, 7) is 4.29. The molecule has 1 amide bonds. The first-order valence-corrected chi connectivity index (χ1v) is 13.5. The van der Waals surface area contributed by atoms with E-state index < -0.39 is 0 Å². The van der Waals surface area contributed by atoms with Crippen LogP contribution in [-0.4, -0.2) is 54.5 Å². The minimum Gasteiger partial charge on any atom is -0.469 e. The van der Waals surface area contributed by atoms with Crippen LogP contribution in [0.4, 0.5) is 0 Å². The molecule has 1 aromatic carbocycles. The van der Waals surface area contributed by atoms with Gasteiger partial charge in [0.15, 0.2) is 0 Å². The summed E-state index contributed by atoms with van der Waals surface area (Å²) in [4.78, 5) is 29.8. The summed E-state index contributed by atoms with van der Waals surface area (Å²) in [5, 5.41) is 3.11. The Morgan fingerprint density at radius 3 is 2.50 bits per heavy atom. The molecular weight excluding hydrogens is 460 g/mol. The number of esters is 1. The lowest BCUT2D eigenvalue weighted by Gasteiger charge is -2.18. The molecule has 0 radical (unpaired) electrons. The summed E-state index contributed by atoms with van der Waals surface area (Å²) in [6.07, 6.45) is 5.01. The van der Waals surface area contributed by atoms with Gasteiger partial charge in [-0.2, -0.15) is 0 Å². The Hall–Kier alpha value is -1.77. The first-order valence-electron chi connectivity index (χ1n) is 10.5. The van der Waals surface area contributed by atoms with Crippen LogP contribution in [0.3, 0.4) is 0 Å². The first-order chi connectivity index (χ1) is 15.3. The summed E-state index contributed by atoms with van der Waals surface area (Å²) in [5.41, 5.74) is 3.40. The van der Waals surface area contributed by atoms with Crippen LogP contribution in [0.15, 0.2) is 29.6 Å². The van der Waals surface area contributed by atoms with Crippen molar-refractivity contribution in [2.45, 2.75) is 37.2 Å². The van der Waals surface area contributed by atoms with E-state index in [0.29, 0.717) is 24.5 Å². The van der Waals surface area contributed by atoms with E-state index in [9.17, 15) is 9.59 Å². The number of benzene rings is 1. The van der Waals surface area contributed by atoms with Crippen molar-refractivity contribution in [1.82, 2.24) is 9.88 Å². The fourth-order valence-corrected chi connectivity index (χ4v) is 6.20. The molecule has 0 aliphatic rings. The third-order valence-electron chi connectivity index (χ3n) is 4.62. The maximum Gasteiger partial charge on any atom is 0.306 e. The number of hydrogen-bond acceptors (Lipinski definition) is 7. The minimum atomic E-state index is -0.204. The molecule has 32 heavy (non-hydrogen) atoms. The molecule has 0 aliphatic carbocycles. The Bertz CT molecular complexity index is 909. The number of ether oxygens (including phenoxy) is 1. The van der Waals surface area contributed by atoms with Gasteiger partial charge in [0, 0.05) is 37.4 Å². The molecule has 0 aliphatic heterocycles. The molecule has 0 fully saturated rings. The zero-order valence-electron chi connectivity index (χ0n) is 19.4. The summed E-state index contributed by atoms with van der Waals surface area (Å²) >= 11 is 5.10. The van der Waals surface area contributed by atoms with Gasteiger partial charge in [-0.05, 0) is 29.2 Å². The molecule has 0 spiro atoms. The smallest absolute Gasteiger partial charge is 0.306 e. The fraction of sp³-hybridized carbons (Fsp3) is 0.458. The van der Waals surface area contributed by atoms with E-state index in [0.717, 1.165) is 22.0 Å². The molecule has 2 rings (SSSR count). The second-order valence-electron chi connectivity index (χ2n) is 7.71. The average molecular weight is 493 g/mol. The second-order valence-corrected chi connectivity index (χ2v) is 11.3. The van der Waals surface area contributed by atoms with E-state index in [1.54, 1.807) is 53.9 Å². The lowest BCUT2D eigenvalue weighted by Crippen LogP contribution is -2.21. The monoisotopic (exact) mass is 492 g/mol. The standard InChI is InChI=1S/C24H32N2O3S3/c1-17(2)20-16-32-21(25-20)10-9-18-7-6-8-19(15-18)24(31-14-12-23(28)29-5)30-13-11-22(27)26(3)4/h6-10,15-17,24H,11-14H2,1-5H3/b10-9+. The van der Waals surface area contributed by atoms with Crippen molar-refractivity contribution in [3.63, 3.8) is 0 Å². The van der Waals surface area contributed by atoms with Gasteiger partial charge in [-0.25, -0.2) is 4.98 Å². The molecule has 1 heterocycles. The molecule has 0 bridgehead atoms. The molecule has 2 aromatic rings. The van der Waals surface area contributed by atoms with E-state index in [4.69, 9.17) is 4.74 Å². The van der Waals surface area contributed by atoms with E-state index >= 15 is 0 Å². The maximum atomic E-state index is 12.0. The predicted octanol–water partition coefficient (Wildman–Crippen LogP) is 5.94. The highest BCUT2D eigenvalue weighted by molar-refractivity contribution is 8.16. The number of hydrogen-bond donors (Lipinski definition) is 0. The second kappa shape index (κ2) is 13.7. The topological polar surface area (TPSA) is 59.5 Å². The van der Waals surface area contributed by atoms with Gasteiger partial charge in [-0.15, -0.1) is 34.9 Å². The quantitative estimate of drug-likeness (QED) is 0.270. The number of nitrogens with zero attached hydrogens (tertiary/aromatic N) is 2. The van der Waals surface area contributed by atoms with Crippen LogP contribution in [0, 0.1) is 0 Å². The van der Waals surface area contributed by atoms with E-state index in [2.05, 4.69) is 60.6 Å². The van der Waals surface area contributed by atoms with Gasteiger partial charge in [0.05, 0.1) is 23.8 Å². The van der Waals surface area contributed by atoms with Crippen molar-refractivity contribution < 1.29 is 14.3 Å². The van der Waals surface area contributed by atoms with Crippen LogP contribution < -0.4 is 0 Å². The van der Waals surface area contributed by atoms with Gasteiger partial charge in [-0.3, -0.25) is 9.59 Å². The summed E-state index contributed by atoms with van der Waals surface area (Å²) in [5.74, 6) is 1.74. The number of thioether (sulfide) groups is 2. The molecular formula is C24H32N2O3S3. The summed E-state index contributed by atoms with van der Waals surface area (Å²) < 4.78 is 4.90. The number of thiazole rings is 1. The summed E-state index contributed by atoms with van der Waals surface area (Å²) in [7, 11) is 4.96. The van der Waals surface area contributed by atoms with Crippen LogP contribution in [-0.2, 0) is 14.3 Å². The van der Waals surface area contributed by atoms with Crippen LogP contribution in [0.2, 0.25) is 0 Å². The minimum absolute atomic E-state index is 0.122. The van der Waals surface area contributed by atoms with Crippen molar-refractivity contribution in [2.24, 2.45) is 0 Å². The lowest BCUT2D eigenvalue weighted by molar-refractivity contribution is -0.140. The fourth-order valence-electron chi connectivity index (χ4n) is 2.69. The van der Waals surface area contributed by atoms with Crippen molar-refractivity contribution >= 4 is 58.9 Å². The molecule has 0 N–H and O–H groups in total. The largest absolute Gasteiger partial charge is 0.469 e. The lowest BCUT2D eigenvalue weighted by atomic mass is 10.1. The zero-order chi connectivity index (χ0) is 23.5. The predicted molar refractivity (Wildman–Crippen MR) is 139 cm³/mol. The zero-order valence-corrected chi connectivity index (χ0v) is 21.8. The van der Waals surface area contributed by atoms with Crippen LogP contribution in [0.25, 0.3) is 12.2 Å². The Balaban J connectivity index is 2.09. The highest BCUT2D eigenvalue weighted by atomic mass is 32.2. The highest BCUT2D eigenvalue weighted by Gasteiger charge is 2.15. The molecule has 174 valence electrons. The van der Waals surface area contributed by atoms with Gasteiger partial charge in [0.2, 0.25) is 5.91 Å². The van der Waals surface area contributed by atoms with Crippen LogP contribution in [0.1, 0.15) is 59.0 Å². The number of aromatic nitrogens is 1. The van der Waals surface area contributed by atoms with Crippen molar-refractivity contribution in [2.75, 3.05) is 32.7 Å². The van der Waals surface area contributed by atoms with Crippen molar-refractivity contribution in [1.29, 1.82) is 0 Å². The normalized spacial score (nSPS) is 12.3. The summed E-state index contributed by atoms with van der Waals surface area (Å²) in [6, 6.07) is 8.40. The Morgan fingerprint density at radius 2 is 1.88 bits per heavy atom. The molecule has 8 heteroatoms. The van der Waals surface area contributed by atoms with Gasteiger partial charge in [0.25, 0.3) is 0 Å². The first kappa shape index (κ1) is 26.5. The molecule has 1 unspecified atom stereocenters. The third kappa shape index (κ3) is 9.00. The van der Waals surface area contributed by atoms with Crippen molar-refractivity contribution in [3.05, 3.63) is 51.5 Å². The Labute approximate surface area is 204 Å². The van der Waals surface area contributed by atoms with Gasteiger partial charge < -0.3 is 9.64 Å². The number of amides is 1. The number of methoxy groups -OCH3 is 1. The Morgan fingerprint density at radius 1 is 1.16 bits per heavy atom. The Kier molecular flexibility index (Phi) is 11.3. The molecule has 0 saturated heterocycles. The van der Waals surface area contributed by atoms with Crippen LogP contribution in [0.5, 0.6) is 0 Å². The average Bonchev–Trinajstić information content (AvgIpc) is 3.26. The molecule has 1 atom stereocenters. The van der Waals surface area contributed by atoms with E-state index in [1.165, 1.54) is 12.7 Å². The third-order valence-corrected chi connectivity index (χ3v) is 8.29. The molecule has 5 nitrogen and oxygen atoms in total. The molecule has 0 saturated carbocycles. The highest BCUT2D eigenvalue weighted by Crippen LogP contribution is 2.40. The van der Waals surface area contributed by atoms with Gasteiger partial charge in [-0.1, -0.05) is 38.1 Å². The number of rotatable bonds is 12.